The number of aromatic nitrogens is 2. The maximum atomic E-state index is 4.22. The highest BCUT2D eigenvalue weighted by molar-refractivity contribution is 5.80. The SMILES string of the molecule is CCCc1n[nH]c2c1NC=NC2. The van der Waals surface area contributed by atoms with Gasteiger partial charge in [-0.3, -0.25) is 10.1 Å². The molecule has 0 bridgehead atoms. The zero-order valence-corrected chi connectivity index (χ0v) is 7.09. The molecule has 0 aromatic carbocycles. The Hall–Kier alpha value is -1.32. The summed E-state index contributed by atoms with van der Waals surface area (Å²) in [6.07, 6.45) is 3.87. The molecule has 0 atom stereocenters. The van der Waals surface area contributed by atoms with Crippen LogP contribution in [0.15, 0.2) is 4.99 Å². The van der Waals surface area contributed by atoms with Crippen molar-refractivity contribution in [3.63, 3.8) is 0 Å². The minimum absolute atomic E-state index is 0.721. The van der Waals surface area contributed by atoms with Crippen molar-refractivity contribution in [1.29, 1.82) is 0 Å². The number of aliphatic imine (C=N–C) groups is 1. The van der Waals surface area contributed by atoms with E-state index in [0.717, 1.165) is 36.5 Å². The minimum atomic E-state index is 0.721. The molecule has 2 heterocycles. The lowest BCUT2D eigenvalue weighted by molar-refractivity contribution is 0.862. The summed E-state index contributed by atoms with van der Waals surface area (Å²) < 4.78 is 0. The Morgan fingerprint density at radius 3 is 3.33 bits per heavy atom. The molecule has 0 amide bonds. The monoisotopic (exact) mass is 164 g/mol. The van der Waals surface area contributed by atoms with Crippen LogP contribution >= 0.6 is 0 Å². The highest BCUT2D eigenvalue weighted by atomic mass is 15.2. The Balaban J connectivity index is 2.29. The van der Waals surface area contributed by atoms with Crippen molar-refractivity contribution >= 4 is 12.0 Å². The van der Waals surface area contributed by atoms with Crippen LogP contribution in [0.1, 0.15) is 24.7 Å². The van der Waals surface area contributed by atoms with E-state index in [1.807, 2.05) is 0 Å². The van der Waals surface area contributed by atoms with Crippen LogP contribution in [0, 0.1) is 0 Å². The maximum absolute atomic E-state index is 4.22. The third kappa shape index (κ3) is 1.09. The summed E-state index contributed by atoms with van der Waals surface area (Å²) >= 11 is 0. The number of anilines is 1. The fourth-order valence-electron chi connectivity index (χ4n) is 1.37. The van der Waals surface area contributed by atoms with E-state index in [2.05, 4.69) is 27.4 Å². The van der Waals surface area contributed by atoms with Gasteiger partial charge in [0, 0.05) is 0 Å². The topological polar surface area (TPSA) is 53.1 Å². The van der Waals surface area contributed by atoms with Gasteiger partial charge in [-0.15, -0.1) is 0 Å². The molecular formula is C8H12N4. The third-order valence-corrected chi connectivity index (χ3v) is 1.95. The number of H-pyrrole nitrogens is 1. The first-order chi connectivity index (χ1) is 5.92. The lowest BCUT2D eigenvalue weighted by atomic mass is 10.2. The van der Waals surface area contributed by atoms with Crippen LogP contribution < -0.4 is 5.32 Å². The van der Waals surface area contributed by atoms with E-state index in [4.69, 9.17) is 0 Å². The molecule has 4 nitrogen and oxygen atoms in total. The van der Waals surface area contributed by atoms with Crippen molar-refractivity contribution in [2.45, 2.75) is 26.3 Å². The van der Waals surface area contributed by atoms with Crippen LogP contribution in [0.5, 0.6) is 0 Å². The van der Waals surface area contributed by atoms with Gasteiger partial charge in [0.2, 0.25) is 0 Å². The first kappa shape index (κ1) is 7.34. The molecule has 1 aromatic rings. The predicted molar refractivity (Wildman–Crippen MR) is 48.4 cm³/mol. The second-order valence-electron chi connectivity index (χ2n) is 2.89. The lowest BCUT2D eigenvalue weighted by Gasteiger charge is -2.06. The number of rotatable bonds is 2. The minimum Gasteiger partial charge on any atom is -0.344 e. The molecule has 0 spiro atoms. The molecule has 0 aliphatic carbocycles. The molecule has 0 unspecified atom stereocenters. The van der Waals surface area contributed by atoms with Crippen molar-refractivity contribution in [1.82, 2.24) is 10.2 Å². The number of aryl methyl sites for hydroxylation is 1. The molecule has 0 radical (unpaired) electrons. The molecular weight excluding hydrogens is 152 g/mol. The molecule has 1 aromatic heterocycles. The average Bonchev–Trinajstić information content (AvgIpc) is 2.50. The molecule has 0 saturated heterocycles. The van der Waals surface area contributed by atoms with Crippen molar-refractivity contribution in [2.24, 2.45) is 4.99 Å². The van der Waals surface area contributed by atoms with Gasteiger partial charge in [0.1, 0.15) is 0 Å². The van der Waals surface area contributed by atoms with Crippen molar-refractivity contribution < 1.29 is 0 Å². The molecule has 64 valence electrons. The van der Waals surface area contributed by atoms with Crippen LogP contribution in [-0.2, 0) is 13.0 Å². The smallest absolute Gasteiger partial charge is 0.0873 e. The van der Waals surface area contributed by atoms with Gasteiger partial charge < -0.3 is 5.32 Å². The standard InChI is InChI=1S/C8H12N4/c1-2-3-6-8-7(12-11-6)4-9-5-10-8/h5H,2-4H2,1H3,(H,9,10)(H,11,12). The summed E-state index contributed by atoms with van der Waals surface area (Å²) in [6, 6.07) is 0. The van der Waals surface area contributed by atoms with E-state index in [1.54, 1.807) is 6.34 Å². The van der Waals surface area contributed by atoms with Gasteiger partial charge in [0.15, 0.2) is 0 Å². The number of fused-ring (bicyclic) bond motifs is 1. The van der Waals surface area contributed by atoms with Gasteiger partial charge in [-0.05, 0) is 6.42 Å². The average molecular weight is 164 g/mol. The quantitative estimate of drug-likeness (QED) is 0.692. The van der Waals surface area contributed by atoms with Crippen molar-refractivity contribution in [3.05, 3.63) is 11.4 Å². The number of nitrogens with one attached hydrogen (secondary N) is 2. The van der Waals surface area contributed by atoms with Gasteiger partial charge >= 0.3 is 0 Å². The molecule has 1 aliphatic rings. The Labute approximate surface area is 71.1 Å². The zero-order valence-electron chi connectivity index (χ0n) is 7.09. The Morgan fingerprint density at radius 2 is 2.50 bits per heavy atom. The normalized spacial score (nSPS) is 14.1. The molecule has 2 rings (SSSR count). The van der Waals surface area contributed by atoms with Gasteiger partial charge in [-0.1, -0.05) is 13.3 Å². The van der Waals surface area contributed by atoms with Gasteiger partial charge in [-0.25, -0.2) is 0 Å². The van der Waals surface area contributed by atoms with Crippen LogP contribution in [0.25, 0.3) is 0 Å². The summed E-state index contributed by atoms with van der Waals surface area (Å²) in [5.74, 6) is 0. The largest absolute Gasteiger partial charge is 0.344 e. The number of hydrogen-bond acceptors (Lipinski definition) is 3. The molecule has 12 heavy (non-hydrogen) atoms. The highest BCUT2D eigenvalue weighted by Gasteiger charge is 2.12. The molecule has 0 fully saturated rings. The first-order valence-electron chi connectivity index (χ1n) is 4.22. The number of hydrogen-bond donors (Lipinski definition) is 2. The maximum Gasteiger partial charge on any atom is 0.0873 e. The summed E-state index contributed by atoms with van der Waals surface area (Å²) in [7, 11) is 0. The van der Waals surface area contributed by atoms with Gasteiger partial charge in [-0.2, -0.15) is 5.10 Å². The van der Waals surface area contributed by atoms with Gasteiger partial charge in [0.05, 0.1) is 30.0 Å². The van der Waals surface area contributed by atoms with Crippen molar-refractivity contribution in [2.75, 3.05) is 5.32 Å². The van der Waals surface area contributed by atoms with Crippen LogP contribution in [0.3, 0.4) is 0 Å². The molecule has 0 saturated carbocycles. The third-order valence-electron chi connectivity index (χ3n) is 1.95. The van der Waals surface area contributed by atoms with Crippen LogP contribution in [0.4, 0.5) is 5.69 Å². The van der Waals surface area contributed by atoms with E-state index < -0.39 is 0 Å². The van der Waals surface area contributed by atoms with E-state index in [9.17, 15) is 0 Å². The first-order valence-corrected chi connectivity index (χ1v) is 4.22. The molecule has 4 heteroatoms. The Morgan fingerprint density at radius 1 is 1.58 bits per heavy atom. The fourth-order valence-corrected chi connectivity index (χ4v) is 1.37. The lowest BCUT2D eigenvalue weighted by Crippen LogP contribution is -2.05. The number of nitrogens with zero attached hydrogens (tertiary/aromatic N) is 2. The van der Waals surface area contributed by atoms with E-state index in [-0.39, 0.29) is 0 Å². The van der Waals surface area contributed by atoms with E-state index >= 15 is 0 Å². The second kappa shape index (κ2) is 2.97. The van der Waals surface area contributed by atoms with Crippen LogP contribution in [0.2, 0.25) is 0 Å². The Bertz CT molecular complexity index is 300. The summed E-state index contributed by atoms with van der Waals surface area (Å²) in [5, 5.41) is 10.3. The molecule has 1 aliphatic heterocycles. The fraction of sp³-hybridized carbons (Fsp3) is 0.500. The molecule has 2 N–H and O–H groups in total. The van der Waals surface area contributed by atoms with Gasteiger partial charge in [0.25, 0.3) is 0 Å². The van der Waals surface area contributed by atoms with E-state index in [1.165, 1.54) is 0 Å². The van der Waals surface area contributed by atoms with Crippen molar-refractivity contribution in [3.8, 4) is 0 Å². The zero-order chi connectivity index (χ0) is 8.39. The van der Waals surface area contributed by atoms with E-state index in [0.29, 0.717) is 0 Å². The number of aromatic amines is 1. The predicted octanol–water partition coefficient (Wildman–Crippen LogP) is 1.32. The Kier molecular flexibility index (Phi) is 1.81. The van der Waals surface area contributed by atoms with Crippen LogP contribution in [-0.4, -0.2) is 16.5 Å². The highest BCUT2D eigenvalue weighted by Crippen LogP contribution is 2.21. The summed E-state index contributed by atoms with van der Waals surface area (Å²) in [4.78, 5) is 4.08. The summed E-state index contributed by atoms with van der Waals surface area (Å²) in [5.41, 5.74) is 3.35. The summed E-state index contributed by atoms with van der Waals surface area (Å²) in [6.45, 7) is 2.87. The second-order valence-corrected chi connectivity index (χ2v) is 2.89.